The van der Waals surface area contributed by atoms with E-state index in [0.717, 1.165) is 12.1 Å². The molecule has 0 aromatic heterocycles. The second-order valence-corrected chi connectivity index (χ2v) is 9.34. The van der Waals surface area contributed by atoms with E-state index in [1.165, 1.54) is 16.4 Å². The van der Waals surface area contributed by atoms with E-state index in [9.17, 15) is 17.6 Å². The molecule has 2 heterocycles. The van der Waals surface area contributed by atoms with Gasteiger partial charge in [-0.2, -0.15) is 4.31 Å². The lowest BCUT2D eigenvalue weighted by Gasteiger charge is -2.32. The van der Waals surface area contributed by atoms with Crippen LogP contribution in [0.4, 0.5) is 4.39 Å². The third-order valence-corrected chi connectivity index (χ3v) is 7.16. The maximum atomic E-state index is 13.1. The van der Waals surface area contributed by atoms with Crippen molar-refractivity contribution in [2.45, 2.75) is 23.8 Å². The van der Waals surface area contributed by atoms with Crippen LogP contribution >= 0.6 is 0 Å². The molecular weight excluding hydrogens is 411 g/mol. The Morgan fingerprint density at radius 1 is 1.13 bits per heavy atom. The average Bonchev–Trinajstić information content (AvgIpc) is 2.77. The van der Waals surface area contributed by atoms with Crippen molar-refractivity contribution >= 4 is 15.9 Å². The number of para-hydroxylation sites is 2. The van der Waals surface area contributed by atoms with Crippen LogP contribution in [0.25, 0.3) is 0 Å². The van der Waals surface area contributed by atoms with Gasteiger partial charge < -0.3 is 14.8 Å². The topological polar surface area (TPSA) is 84.9 Å². The number of ether oxygens (including phenoxy) is 2. The first-order chi connectivity index (χ1) is 14.4. The van der Waals surface area contributed by atoms with E-state index in [2.05, 4.69) is 5.32 Å². The van der Waals surface area contributed by atoms with Crippen molar-refractivity contribution in [1.82, 2.24) is 9.62 Å². The molecule has 0 saturated carbocycles. The lowest BCUT2D eigenvalue weighted by Crippen LogP contribution is -2.48. The van der Waals surface area contributed by atoms with Gasteiger partial charge in [0.25, 0.3) is 0 Å². The van der Waals surface area contributed by atoms with Crippen LogP contribution < -0.4 is 14.8 Å². The molecule has 1 fully saturated rings. The highest BCUT2D eigenvalue weighted by Crippen LogP contribution is 2.30. The first-order valence-electron chi connectivity index (χ1n) is 9.85. The Morgan fingerprint density at radius 2 is 1.87 bits per heavy atom. The molecule has 7 nitrogen and oxygen atoms in total. The summed E-state index contributed by atoms with van der Waals surface area (Å²) in [5.74, 6) is 0.148. The van der Waals surface area contributed by atoms with Crippen molar-refractivity contribution in [3.05, 3.63) is 54.3 Å². The number of nitrogens with zero attached hydrogens (tertiary/aromatic N) is 1. The fourth-order valence-corrected chi connectivity index (χ4v) is 5.18. The Kier molecular flexibility index (Phi) is 5.92. The number of benzene rings is 2. The van der Waals surface area contributed by atoms with Gasteiger partial charge in [0, 0.05) is 13.1 Å². The predicted molar refractivity (Wildman–Crippen MR) is 107 cm³/mol. The summed E-state index contributed by atoms with van der Waals surface area (Å²) in [6, 6.07) is 12.1. The summed E-state index contributed by atoms with van der Waals surface area (Å²) in [5.41, 5.74) is 0. The minimum Gasteiger partial charge on any atom is -0.486 e. The first-order valence-corrected chi connectivity index (χ1v) is 11.3. The average molecular weight is 434 g/mol. The number of halogens is 1. The number of carbonyl (C=O) groups excluding carboxylic acids is 1. The molecule has 4 rings (SSSR count). The molecule has 0 unspecified atom stereocenters. The van der Waals surface area contributed by atoms with Gasteiger partial charge in [0.15, 0.2) is 11.5 Å². The van der Waals surface area contributed by atoms with Gasteiger partial charge >= 0.3 is 0 Å². The highest BCUT2D eigenvalue weighted by molar-refractivity contribution is 7.89. The molecule has 0 bridgehead atoms. The van der Waals surface area contributed by atoms with Gasteiger partial charge in [-0.3, -0.25) is 4.79 Å². The van der Waals surface area contributed by atoms with Gasteiger partial charge in [-0.15, -0.1) is 0 Å². The van der Waals surface area contributed by atoms with Crippen molar-refractivity contribution in [3.63, 3.8) is 0 Å². The number of hydrogen-bond acceptors (Lipinski definition) is 5. The molecule has 2 aliphatic heterocycles. The predicted octanol–water partition coefficient (Wildman–Crippen LogP) is 2.18. The smallest absolute Gasteiger partial charge is 0.243 e. The van der Waals surface area contributed by atoms with Gasteiger partial charge in [-0.25, -0.2) is 12.8 Å². The minimum atomic E-state index is -3.77. The molecule has 0 aliphatic carbocycles. The Hall–Kier alpha value is -2.65. The highest BCUT2D eigenvalue weighted by Gasteiger charge is 2.33. The Labute approximate surface area is 174 Å². The van der Waals surface area contributed by atoms with Crippen molar-refractivity contribution in [2.75, 3.05) is 26.2 Å². The van der Waals surface area contributed by atoms with E-state index < -0.39 is 21.8 Å². The summed E-state index contributed by atoms with van der Waals surface area (Å²) in [5, 5.41) is 2.86. The lowest BCUT2D eigenvalue weighted by atomic mass is 9.99. The lowest BCUT2D eigenvalue weighted by molar-refractivity contribution is -0.126. The summed E-state index contributed by atoms with van der Waals surface area (Å²) in [6.45, 7) is 1.03. The summed E-state index contributed by atoms with van der Waals surface area (Å²) in [4.78, 5) is 12.7. The first kappa shape index (κ1) is 20.6. The van der Waals surface area contributed by atoms with E-state index in [0.29, 0.717) is 37.5 Å². The van der Waals surface area contributed by atoms with Gasteiger partial charge in [0.2, 0.25) is 15.9 Å². The maximum Gasteiger partial charge on any atom is 0.243 e. The molecule has 30 heavy (non-hydrogen) atoms. The van der Waals surface area contributed by atoms with Gasteiger partial charge in [0.05, 0.1) is 17.4 Å². The van der Waals surface area contributed by atoms with Crippen LogP contribution in [-0.4, -0.2) is 51.0 Å². The van der Waals surface area contributed by atoms with E-state index in [1.54, 1.807) is 0 Å². The summed E-state index contributed by atoms with van der Waals surface area (Å²) in [6.07, 6.45) is 0.868. The number of amides is 1. The van der Waals surface area contributed by atoms with Gasteiger partial charge in [-0.05, 0) is 49.2 Å². The Balaban J connectivity index is 1.34. The fourth-order valence-electron chi connectivity index (χ4n) is 3.65. The monoisotopic (exact) mass is 434 g/mol. The third kappa shape index (κ3) is 4.41. The quantitative estimate of drug-likeness (QED) is 0.780. The van der Waals surface area contributed by atoms with Crippen LogP contribution in [-0.2, 0) is 14.8 Å². The number of fused-ring (bicyclic) bond motifs is 1. The summed E-state index contributed by atoms with van der Waals surface area (Å²) >= 11 is 0. The number of piperidine rings is 1. The SMILES string of the molecule is O=C(NC[C@@H]1COc2ccccc2O1)[C@H]1CCCN(S(=O)(=O)c2ccc(F)cc2)C1. The molecule has 0 radical (unpaired) electrons. The Morgan fingerprint density at radius 3 is 2.63 bits per heavy atom. The van der Waals surface area contributed by atoms with Crippen LogP contribution in [0.1, 0.15) is 12.8 Å². The van der Waals surface area contributed by atoms with E-state index in [-0.39, 0.29) is 30.0 Å². The van der Waals surface area contributed by atoms with Crippen LogP contribution in [0.5, 0.6) is 11.5 Å². The summed E-state index contributed by atoms with van der Waals surface area (Å²) < 4.78 is 51.5. The largest absolute Gasteiger partial charge is 0.486 e. The molecule has 2 atom stereocenters. The molecule has 2 aromatic carbocycles. The molecule has 1 saturated heterocycles. The standard InChI is InChI=1S/C21H23FN2O5S/c22-16-7-9-18(10-8-16)30(26,27)24-11-3-4-15(13-24)21(25)23-12-17-14-28-19-5-1-2-6-20(19)29-17/h1-2,5-10,15,17H,3-4,11-14H2,(H,23,25)/t15-,17+/m0/s1. The van der Waals surface area contributed by atoms with Crippen LogP contribution in [0.2, 0.25) is 0 Å². The molecule has 160 valence electrons. The van der Waals surface area contributed by atoms with Crippen molar-refractivity contribution < 1.29 is 27.1 Å². The zero-order valence-electron chi connectivity index (χ0n) is 16.3. The molecule has 9 heteroatoms. The van der Waals surface area contributed by atoms with Gasteiger partial charge in [0.1, 0.15) is 18.5 Å². The zero-order valence-corrected chi connectivity index (χ0v) is 17.1. The van der Waals surface area contributed by atoms with Crippen molar-refractivity contribution in [3.8, 4) is 11.5 Å². The second kappa shape index (κ2) is 8.61. The number of nitrogens with one attached hydrogen (secondary N) is 1. The van der Waals surface area contributed by atoms with E-state index in [4.69, 9.17) is 9.47 Å². The fraction of sp³-hybridized carbons (Fsp3) is 0.381. The number of rotatable bonds is 5. The molecule has 2 aromatic rings. The van der Waals surface area contributed by atoms with Gasteiger partial charge in [-0.1, -0.05) is 12.1 Å². The van der Waals surface area contributed by atoms with Crippen molar-refractivity contribution in [2.24, 2.45) is 5.92 Å². The van der Waals surface area contributed by atoms with E-state index in [1.807, 2.05) is 24.3 Å². The normalized spacial score (nSPS) is 21.8. The maximum absolute atomic E-state index is 13.1. The summed E-state index contributed by atoms with van der Waals surface area (Å²) in [7, 11) is -3.77. The third-order valence-electron chi connectivity index (χ3n) is 5.28. The highest BCUT2D eigenvalue weighted by atomic mass is 32.2. The molecule has 1 N–H and O–H groups in total. The molecular formula is C21H23FN2O5S. The molecule has 0 spiro atoms. The molecule has 2 aliphatic rings. The van der Waals surface area contributed by atoms with E-state index >= 15 is 0 Å². The Bertz CT molecular complexity index is 1010. The van der Waals surface area contributed by atoms with Crippen LogP contribution in [0.3, 0.4) is 0 Å². The molecule has 1 amide bonds. The van der Waals surface area contributed by atoms with Crippen molar-refractivity contribution in [1.29, 1.82) is 0 Å². The zero-order chi connectivity index (χ0) is 21.1. The number of carbonyl (C=O) groups is 1. The number of sulfonamides is 1. The second-order valence-electron chi connectivity index (χ2n) is 7.40. The van der Waals surface area contributed by atoms with Crippen LogP contribution in [0, 0.1) is 11.7 Å². The number of hydrogen-bond donors (Lipinski definition) is 1. The van der Waals surface area contributed by atoms with Crippen LogP contribution in [0.15, 0.2) is 53.4 Å². The minimum absolute atomic E-state index is 0.0244.